The van der Waals surface area contributed by atoms with Crippen molar-refractivity contribution in [3.63, 3.8) is 0 Å². The van der Waals surface area contributed by atoms with Crippen molar-refractivity contribution in [2.45, 2.75) is 24.4 Å². The summed E-state index contributed by atoms with van der Waals surface area (Å²) in [6.07, 6.45) is -5.56. The molecule has 0 bridgehead atoms. The molecule has 1 aromatic rings. The lowest BCUT2D eigenvalue weighted by molar-refractivity contribution is -0.155. The van der Waals surface area contributed by atoms with Crippen LogP contribution in [-0.4, -0.2) is 24.0 Å². The summed E-state index contributed by atoms with van der Waals surface area (Å²) in [5.41, 5.74) is -3.25. The van der Waals surface area contributed by atoms with Gasteiger partial charge in [0.2, 0.25) is 0 Å². The van der Waals surface area contributed by atoms with Crippen LogP contribution in [0.15, 0.2) is 18.2 Å². The lowest BCUT2D eigenvalue weighted by atomic mass is 9.62. The first-order valence-corrected chi connectivity index (χ1v) is 5.71. The van der Waals surface area contributed by atoms with Crippen LogP contribution < -0.4 is 4.74 Å². The third-order valence-corrected chi connectivity index (χ3v) is 3.45. The Morgan fingerprint density at radius 1 is 1.35 bits per heavy atom. The minimum atomic E-state index is -4.72. The maximum atomic E-state index is 13.1. The lowest BCUT2D eigenvalue weighted by Gasteiger charge is -2.38. The Hall–Kier alpha value is -2.05. The maximum Gasteiger partial charge on any atom is 0.416 e. The molecule has 20 heavy (non-hydrogen) atoms. The van der Waals surface area contributed by atoms with Gasteiger partial charge in [0.25, 0.3) is 0 Å². The number of ether oxygens (including phenoxy) is 1. The fourth-order valence-electron chi connectivity index (χ4n) is 2.38. The molecule has 108 valence electrons. The van der Waals surface area contributed by atoms with Gasteiger partial charge in [-0.3, -0.25) is 9.59 Å². The highest BCUT2D eigenvalue weighted by molar-refractivity contribution is 6.01. The van der Waals surface area contributed by atoms with E-state index >= 15 is 0 Å². The minimum absolute atomic E-state index is 0.0211. The summed E-state index contributed by atoms with van der Waals surface area (Å²) in [6, 6.07) is 3.09. The Kier molecular flexibility index (Phi) is 3.23. The normalized spacial score (nSPS) is 17.5. The van der Waals surface area contributed by atoms with Crippen LogP contribution in [0.4, 0.5) is 13.2 Å². The second-order valence-electron chi connectivity index (χ2n) is 4.69. The largest absolute Gasteiger partial charge is 0.497 e. The second-order valence-corrected chi connectivity index (χ2v) is 4.69. The number of alkyl halides is 3. The van der Waals surface area contributed by atoms with Crippen molar-refractivity contribution < 1.29 is 32.6 Å². The zero-order valence-corrected chi connectivity index (χ0v) is 10.5. The first-order valence-electron chi connectivity index (χ1n) is 5.71. The molecule has 0 spiro atoms. The number of hydrogen-bond donors (Lipinski definition) is 1. The molecule has 7 heteroatoms. The summed E-state index contributed by atoms with van der Waals surface area (Å²) in [6.45, 7) is 0. The van der Waals surface area contributed by atoms with E-state index in [1.165, 1.54) is 13.2 Å². The monoisotopic (exact) mass is 288 g/mol. The predicted molar refractivity (Wildman–Crippen MR) is 61.6 cm³/mol. The zero-order chi connectivity index (χ0) is 15.1. The van der Waals surface area contributed by atoms with Crippen LogP contribution in [0.25, 0.3) is 0 Å². The molecule has 2 rings (SSSR count). The standard InChI is InChI=1S/C13H11F3O4/c1-20-8-2-3-9(10(4-8)13(14,15)16)12(11(18)19)5-7(17)6-12/h2-4H,5-6H2,1H3,(H,18,19). The second kappa shape index (κ2) is 4.50. The number of hydrogen-bond acceptors (Lipinski definition) is 3. The SMILES string of the molecule is COc1ccc(C2(C(=O)O)CC(=O)C2)c(C(F)(F)F)c1. The van der Waals surface area contributed by atoms with Crippen molar-refractivity contribution in [1.29, 1.82) is 0 Å². The Bertz CT molecular complexity index is 569. The molecule has 0 unspecified atom stereocenters. The van der Waals surface area contributed by atoms with E-state index in [0.717, 1.165) is 12.1 Å². The van der Waals surface area contributed by atoms with Crippen molar-refractivity contribution in [1.82, 2.24) is 0 Å². The molecule has 0 radical (unpaired) electrons. The molecular formula is C13H11F3O4. The van der Waals surface area contributed by atoms with E-state index < -0.39 is 41.5 Å². The van der Waals surface area contributed by atoms with E-state index in [1.54, 1.807) is 0 Å². The number of benzene rings is 1. The van der Waals surface area contributed by atoms with Gasteiger partial charge in [0.15, 0.2) is 0 Å². The number of rotatable bonds is 3. The maximum absolute atomic E-state index is 13.1. The highest BCUT2D eigenvalue weighted by atomic mass is 19.4. The van der Waals surface area contributed by atoms with Gasteiger partial charge in [0.1, 0.15) is 16.9 Å². The third kappa shape index (κ3) is 2.13. The molecule has 1 aromatic carbocycles. The van der Waals surface area contributed by atoms with Gasteiger partial charge in [-0.05, 0) is 17.7 Å². The van der Waals surface area contributed by atoms with Crippen LogP contribution >= 0.6 is 0 Å². The van der Waals surface area contributed by atoms with E-state index in [9.17, 15) is 27.9 Å². The number of carbonyl (C=O) groups excluding carboxylic acids is 1. The van der Waals surface area contributed by atoms with E-state index in [2.05, 4.69) is 0 Å². The molecule has 1 aliphatic carbocycles. The number of Topliss-reactive ketones (excluding diaryl/α,β-unsaturated/α-hetero) is 1. The fourth-order valence-corrected chi connectivity index (χ4v) is 2.38. The smallest absolute Gasteiger partial charge is 0.416 e. The number of carbonyl (C=O) groups is 2. The molecular weight excluding hydrogens is 277 g/mol. The van der Waals surface area contributed by atoms with Crippen molar-refractivity contribution in [2.75, 3.05) is 7.11 Å². The molecule has 0 amide bonds. The van der Waals surface area contributed by atoms with Crippen molar-refractivity contribution >= 4 is 11.8 Å². The predicted octanol–water partition coefficient (Wildman–Crippen LogP) is 2.40. The summed E-state index contributed by atoms with van der Waals surface area (Å²) >= 11 is 0. The number of methoxy groups -OCH3 is 1. The number of carboxylic acids is 1. The van der Waals surface area contributed by atoms with Crippen molar-refractivity contribution in [3.05, 3.63) is 29.3 Å². The molecule has 0 atom stereocenters. The summed E-state index contributed by atoms with van der Waals surface area (Å²) in [7, 11) is 1.22. The minimum Gasteiger partial charge on any atom is -0.497 e. The zero-order valence-electron chi connectivity index (χ0n) is 10.5. The number of carboxylic acid groups (broad SMARTS) is 1. The van der Waals surface area contributed by atoms with E-state index in [0.29, 0.717) is 0 Å². The highest BCUT2D eigenvalue weighted by Crippen LogP contribution is 2.47. The fraction of sp³-hybridized carbons (Fsp3) is 0.385. The first-order chi connectivity index (χ1) is 9.20. The van der Waals surface area contributed by atoms with Crippen LogP contribution in [-0.2, 0) is 21.2 Å². The molecule has 1 aliphatic rings. The molecule has 1 fully saturated rings. The average molecular weight is 288 g/mol. The Morgan fingerprint density at radius 3 is 2.35 bits per heavy atom. The van der Waals surface area contributed by atoms with Gasteiger partial charge in [-0.2, -0.15) is 13.2 Å². The van der Waals surface area contributed by atoms with E-state index in [1.807, 2.05) is 0 Å². The number of halogens is 3. The van der Waals surface area contributed by atoms with Crippen LogP contribution in [0.1, 0.15) is 24.0 Å². The Morgan fingerprint density at radius 2 is 1.95 bits per heavy atom. The highest BCUT2D eigenvalue weighted by Gasteiger charge is 2.54. The van der Waals surface area contributed by atoms with Crippen LogP contribution in [0.2, 0.25) is 0 Å². The molecule has 0 aliphatic heterocycles. The molecule has 0 aromatic heterocycles. The van der Waals surface area contributed by atoms with Crippen LogP contribution in [0, 0.1) is 0 Å². The first kappa shape index (κ1) is 14.4. The van der Waals surface area contributed by atoms with Crippen LogP contribution in [0.3, 0.4) is 0 Å². The van der Waals surface area contributed by atoms with Gasteiger partial charge < -0.3 is 9.84 Å². The summed E-state index contributed by atoms with van der Waals surface area (Å²) in [5.74, 6) is -1.81. The van der Waals surface area contributed by atoms with Crippen LogP contribution in [0.5, 0.6) is 5.75 Å². The molecule has 0 heterocycles. The average Bonchev–Trinajstić information content (AvgIpc) is 2.32. The molecule has 1 saturated carbocycles. The Labute approximate surface area is 112 Å². The summed E-state index contributed by atoms with van der Waals surface area (Å²) < 4.78 is 44.0. The molecule has 1 N–H and O–H groups in total. The van der Waals surface area contributed by atoms with Gasteiger partial charge in [-0.15, -0.1) is 0 Å². The van der Waals surface area contributed by atoms with Gasteiger partial charge >= 0.3 is 12.1 Å². The van der Waals surface area contributed by atoms with Gasteiger partial charge in [0, 0.05) is 12.8 Å². The Balaban J connectivity index is 2.61. The van der Waals surface area contributed by atoms with Crippen molar-refractivity contribution in [3.8, 4) is 5.75 Å². The van der Waals surface area contributed by atoms with Crippen molar-refractivity contribution in [2.24, 2.45) is 0 Å². The molecule has 0 saturated heterocycles. The van der Waals surface area contributed by atoms with E-state index in [-0.39, 0.29) is 11.5 Å². The van der Waals surface area contributed by atoms with Gasteiger partial charge in [-0.25, -0.2) is 0 Å². The van der Waals surface area contributed by atoms with Gasteiger partial charge in [-0.1, -0.05) is 6.07 Å². The summed E-state index contributed by atoms with van der Waals surface area (Å²) in [4.78, 5) is 22.4. The summed E-state index contributed by atoms with van der Waals surface area (Å²) in [5, 5.41) is 9.22. The van der Waals surface area contributed by atoms with Gasteiger partial charge in [0.05, 0.1) is 12.7 Å². The number of aliphatic carboxylic acids is 1. The topological polar surface area (TPSA) is 63.6 Å². The van der Waals surface area contributed by atoms with E-state index in [4.69, 9.17) is 4.74 Å². The molecule has 4 nitrogen and oxygen atoms in total. The third-order valence-electron chi connectivity index (χ3n) is 3.45. The lowest BCUT2D eigenvalue weighted by Crippen LogP contribution is -2.49. The number of ketones is 1. The quantitative estimate of drug-likeness (QED) is 0.927.